The van der Waals surface area contributed by atoms with E-state index in [0.29, 0.717) is 11.3 Å². The predicted molar refractivity (Wildman–Crippen MR) is 109 cm³/mol. The lowest BCUT2D eigenvalue weighted by Gasteiger charge is -2.03. The number of benzene rings is 2. The van der Waals surface area contributed by atoms with Crippen molar-refractivity contribution in [1.82, 2.24) is 0 Å². The van der Waals surface area contributed by atoms with Crippen LogP contribution in [0, 0.1) is 3.57 Å². The molecule has 0 saturated carbocycles. The van der Waals surface area contributed by atoms with Crippen LogP contribution >= 0.6 is 38.5 Å². The quantitative estimate of drug-likeness (QED) is 0.368. The molecule has 2 aromatic carbocycles. The van der Waals surface area contributed by atoms with Gasteiger partial charge in [-0.25, -0.2) is 9.79 Å². The fourth-order valence-corrected chi connectivity index (χ4v) is 2.85. The molecule has 2 N–H and O–H groups in total. The van der Waals surface area contributed by atoms with Crippen molar-refractivity contribution in [3.63, 3.8) is 0 Å². The van der Waals surface area contributed by atoms with Crippen LogP contribution in [0.1, 0.15) is 11.1 Å². The minimum atomic E-state index is -0.547. The molecule has 0 atom stereocenters. The Bertz CT molecular complexity index is 939. The summed E-state index contributed by atoms with van der Waals surface area (Å²) >= 11 is 5.64. The van der Waals surface area contributed by atoms with Gasteiger partial charge < -0.3 is 15.2 Å². The average Bonchev–Trinajstić information content (AvgIpc) is 2.97. The second-order valence-electron chi connectivity index (χ2n) is 5.29. The van der Waals surface area contributed by atoms with Gasteiger partial charge in [0, 0.05) is 13.6 Å². The zero-order valence-corrected chi connectivity index (χ0v) is 17.0. The number of nitrogens with zero attached hydrogens (tertiary/aromatic N) is 1. The number of hydrogen-bond donors (Lipinski definition) is 1. The number of nitrogens with two attached hydrogens (primary N) is 1. The maximum absolute atomic E-state index is 12.1. The van der Waals surface area contributed by atoms with Crippen LogP contribution < -0.4 is 10.5 Å². The summed E-state index contributed by atoms with van der Waals surface area (Å²) in [5, 5.41) is 0. The minimum Gasteiger partial charge on any atom is -0.484 e. The molecule has 0 fully saturated rings. The summed E-state index contributed by atoms with van der Waals surface area (Å²) in [4.78, 5) is 27.1. The lowest BCUT2D eigenvalue weighted by Crippen LogP contribution is -2.19. The third-order valence-electron chi connectivity index (χ3n) is 3.35. The molecule has 2 aromatic rings. The fourth-order valence-electron chi connectivity index (χ4n) is 2.13. The molecule has 1 heterocycles. The van der Waals surface area contributed by atoms with E-state index in [1.54, 1.807) is 30.3 Å². The van der Waals surface area contributed by atoms with E-state index in [1.807, 2.05) is 18.2 Å². The van der Waals surface area contributed by atoms with Crippen LogP contribution in [0.3, 0.4) is 0 Å². The highest BCUT2D eigenvalue weighted by Crippen LogP contribution is 2.24. The molecule has 3 rings (SSSR count). The van der Waals surface area contributed by atoms with Gasteiger partial charge in [-0.2, -0.15) is 0 Å². The molecule has 0 aromatic heterocycles. The Balaban J connectivity index is 1.79. The molecule has 0 spiro atoms. The summed E-state index contributed by atoms with van der Waals surface area (Å²) in [7, 11) is 0. The van der Waals surface area contributed by atoms with E-state index in [-0.39, 0.29) is 18.2 Å². The van der Waals surface area contributed by atoms with E-state index >= 15 is 0 Å². The summed E-state index contributed by atoms with van der Waals surface area (Å²) < 4.78 is 12.4. The van der Waals surface area contributed by atoms with E-state index in [2.05, 4.69) is 43.5 Å². The number of rotatable bonds is 5. The van der Waals surface area contributed by atoms with E-state index in [9.17, 15) is 9.59 Å². The van der Waals surface area contributed by atoms with Crippen LogP contribution in [0.5, 0.6) is 5.75 Å². The number of carbonyl (C=O) groups is 2. The Hall–Kier alpha value is -2.20. The first-order valence-electron chi connectivity index (χ1n) is 7.41. The van der Waals surface area contributed by atoms with Crippen LogP contribution in [0.15, 0.2) is 57.6 Å². The van der Waals surface area contributed by atoms with E-state index < -0.39 is 11.9 Å². The predicted octanol–water partition coefficient (Wildman–Crippen LogP) is 3.26. The number of hydrogen-bond acceptors (Lipinski definition) is 5. The van der Waals surface area contributed by atoms with Crippen molar-refractivity contribution >= 4 is 62.4 Å². The lowest BCUT2D eigenvalue weighted by molar-refractivity contribution is -0.130. The smallest absolute Gasteiger partial charge is 0.363 e. The highest BCUT2D eigenvalue weighted by molar-refractivity contribution is 14.1. The molecular formula is C18H12BrIN2O4. The highest BCUT2D eigenvalue weighted by Gasteiger charge is 2.24. The molecule has 1 aliphatic heterocycles. The van der Waals surface area contributed by atoms with Crippen molar-refractivity contribution < 1.29 is 19.1 Å². The Morgan fingerprint density at radius 3 is 2.65 bits per heavy atom. The molecule has 0 saturated heterocycles. The van der Waals surface area contributed by atoms with Crippen molar-refractivity contribution in [1.29, 1.82) is 0 Å². The SMILES string of the molecule is NC(=O)COc1ccc(/C=C2\N=C(c3ccc(I)c(Br)c3)OC2=O)cc1. The molecule has 0 radical (unpaired) electrons. The topological polar surface area (TPSA) is 91.0 Å². The zero-order valence-electron chi connectivity index (χ0n) is 13.2. The van der Waals surface area contributed by atoms with Gasteiger partial charge >= 0.3 is 5.97 Å². The van der Waals surface area contributed by atoms with Gasteiger partial charge in [-0.1, -0.05) is 12.1 Å². The number of halogens is 2. The number of aliphatic imine (C=N–C) groups is 1. The highest BCUT2D eigenvalue weighted by atomic mass is 127. The van der Waals surface area contributed by atoms with Crippen LogP contribution in [-0.4, -0.2) is 24.4 Å². The van der Waals surface area contributed by atoms with Gasteiger partial charge in [0.05, 0.1) is 0 Å². The number of cyclic esters (lactones) is 1. The molecule has 0 bridgehead atoms. The van der Waals surface area contributed by atoms with Gasteiger partial charge in [0.1, 0.15) is 5.75 Å². The van der Waals surface area contributed by atoms with E-state index in [0.717, 1.165) is 13.6 Å². The normalized spacial score (nSPS) is 14.9. The summed E-state index contributed by atoms with van der Waals surface area (Å²) in [5.41, 5.74) is 6.70. The standard InChI is InChI=1S/C18H12BrIN2O4/c19-13-8-11(3-6-14(13)20)17-22-15(18(24)26-17)7-10-1-4-12(5-2-10)25-9-16(21)23/h1-8H,9H2,(H2,21,23)/b15-7-. The van der Waals surface area contributed by atoms with Gasteiger partial charge in [-0.3, -0.25) is 4.79 Å². The first kappa shape index (κ1) is 18.6. The second kappa shape index (κ2) is 8.00. The Morgan fingerprint density at radius 1 is 1.27 bits per heavy atom. The van der Waals surface area contributed by atoms with Gasteiger partial charge in [-0.15, -0.1) is 0 Å². The zero-order chi connectivity index (χ0) is 18.7. The van der Waals surface area contributed by atoms with Crippen molar-refractivity contribution in [3.05, 3.63) is 67.3 Å². The maximum atomic E-state index is 12.1. The minimum absolute atomic E-state index is 0.189. The number of primary amides is 1. The molecule has 0 aliphatic carbocycles. The Labute approximate surface area is 171 Å². The van der Waals surface area contributed by atoms with Gasteiger partial charge in [0.25, 0.3) is 5.91 Å². The number of amides is 1. The first-order valence-corrected chi connectivity index (χ1v) is 9.29. The Kier molecular flexibility index (Phi) is 5.72. The maximum Gasteiger partial charge on any atom is 0.363 e. The molecule has 26 heavy (non-hydrogen) atoms. The van der Waals surface area contributed by atoms with Gasteiger partial charge in [-0.05, 0) is 80.5 Å². The molecule has 8 heteroatoms. The van der Waals surface area contributed by atoms with Gasteiger partial charge in [0.15, 0.2) is 12.3 Å². The summed E-state index contributed by atoms with van der Waals surface area (Å²) in [5.74, 6) is -0.287. The summed E-state index contributed by atoms with van der Waals surface area (Å²) in [6, 6.07) is 12.4. The molecular weight excluding hydrogens is 515 g/mol. The van der Waals surface area contributed by atoms with Crippen LogP contribution in [0.4, 0.5) is 0 Å². The second-order valence-corrected chi connectivity index (χ2v) is 7.31. The first-order chi connectivity index (χ1) is 12.4. The van der Waals surface area contributed by atoms with Crippen molar-refractivity contribution in [2.75, 3.05) is 6.61 Å². The van der Waals surface area contributed by atoms with Gasteiger partial charge in [0.2, 0.25) is 5.90 Å². The van der Waals surface area contributed by atoms with E-state index in [4.69, 9.17) is 15.2 Å². The molecule has 1 aliphatic rings. The number of carbonyl (C=O) groups excluding carboxylic acids is 2. The van der Waals surface area contributed by atoms with Crippen molar-refractivity contribution in [2.45, 2.75) is 0 Å². The lowest BCUT2D eigenvalue weighted by atomic mass is 10.2. The van der Waals surface area contributed by atoms with E-state index in [1.165, 1.54) is 0 Å². The number of ether oxygens (including phenoxy) is 2. The fraction of sp³-hybridized carbons (Fsp3) is 0.0556. The van der Waals surface area contributed by atoms with Crippen molar-refractivity contribution in [3.8, 4) is 5.75 Å². The molecule has 6 nitrogen and oxygen atoms in total. The monoisotopic (exact) mass is 526 g/mol. The third-order valence-corrected chi connectivity index (χ3v) is 5.69. The van der Waals surface area contributed by atoms with Crippen LogP contribution in [-0.2, 0) is 14.3 Å². The summed E-state index contributed by atoms with van der Waals surface area (Å²) in [6.07, 6.45) is 1.62. The summed E-state index contributed by atoms with van der Waals surface area (Å²) in [6.45, 7) is -0.189. The molecule has 132 valence electrons. The third kappa shape index (κ3) is 4.50. The largest absolute Gasteiger partial charge is 0.484 e. The van der Waals surface area contributed by atoms with Crippen LogP contribution in [0.2, 0.25) is 0 Å². The number of esters is 1. The van der Waals surface area contributed by atoms with Crippen molar-refractivity contribution in [2.24, 2.45) is 10.7 Å². The van der Waals surface area contributed by atoms with Crippen LogP contribution in [0.25, 0.3) is 6.08 Å². The Morgan fingerprint density at radius 2 is 2.00 bits per heavy atom. The molecule has 1 amide bonds. The molecule has 0 unspecified atom stereocenters. The average molecular weight is 527 g/mol.